The second-order valence-electron chi connectivity index (χ2n) is 5.54. The van der Waals surface area contributed by atoms with Crippen LogP contribution in [0.1, 0.15) is 42.5 Å². The molecule has 2 heterocycles. The molecule has 5 heteroatoms. The highest BCUT2D eigenvalue weighted by molar-refractivity contribution is 5.89. The van der Waals surface area contributed by atoms with E-state index in [4.69, 9.17) is 10.8 Å². The van der Waals surface area contributed by atoms with E-state index >= 15 is 0 Å². The van der Waals surface area contributed by atoms with E-state index in [1.54, 1.807) is 0 Å². The van der Waals surface area contributed by atoms with Crippen LogP contribution < -0.4 is 10.6 Å². The number of hydrogen-bond donors (Lipinski definition) is 2. The zero-order valence-corrected chi connectivity index (χ0v) is 10.9. The first-order valence-electron chi connectivity index (χ1n) is 6.92. The largest absolute Gasteiger partial charge is 0.478 e. The topological polar surface area (TPSA) is 79.5 Å². The van der Waals surface area contributed by atoms with Crippen LogP contribution in [0.5, 0.6) is 0 Å². The van der Waals surface area contributed by atoms with E-state index in [0.717, 1.165) is 18.3 Å². The minimum Gasteiger partial charge on any atom is -0.478 e. The van der Waals surface area contributed by atoms with Gasteiger partial charge < -0.3 is 15.7 Å². The van der Waals surface area contributed by atoms with Crippen LogP contribution in [0, 0.1) is 5.92 Å². The Morgan fingerprint density at radius 3 is 2.89 bits per heavy atom. The summed E-state index contributed by atoms with van der Waals surface area (Å²) >= 11 is 0. The number of carbonyl (C=O) groups is 1. The van der Waals surface area contributed by atoms with Crippen LogP contribution in [0.25, 0.3) is 0 Å². The summed E-state index contributed by atoms with van der Waals surface area (Å²) in [7, 11) is 0. The number of carboxylic acid groups (broad SMARTS) is 1. The molecule has 1 saturated heterocycles. The Bertz CT molecular complexity index is 503. The van der Waals surface area contributed by atoms with Crippen LogP contribution in [0.15, 0.2) is 12.3 Å². The summed E-state index contributed by atoms with van der Waals surface area (Å²) in [6.45, 7) is 0.977. The van der Waals surface area contributed by atoms with Gasteiger partial charge in [-0.05, 0) is 37.7 Å². The Labute approximate surface area is 112 Å². The minimum absolute atomic E-state index is 0.154. The van der Waals surface area contributed by atoms with Crippen LogP contribution in [-0.4, -0.2) is 28.6 Å². The fourth-order valence-electron chi connectivity index (χ4n) is 3.55. The Kier molecular flexibility index (Phi) is 3.05. The molecule has 2 fully saturated rings. The highest BCUT2D eigenvalue weighted by atomic mass is 16.4. The number of nitrogens with zero attached hydrogens (tertiary/aromatic N) is 2. The molecule has 1 aliphatic heterocycles. The fraction of sp³-hybridized carbons (Fsp3) is 0.571. The van der Waals surface area contributed by atoms with Crippen LogP contribution >= 0.6 is 0 Å². The normalized spacial score (nSPS) is 26.2. The SMILES string of the molecule is Nc1cc(C(=O)O)cnc1N1CCCC2CCCC21. The van der Waals surface area contributed by atoms with Crippen molar-refractivity contribution in [1.29, 1.82) is 0 Å². The van der Waals surface area contributed by atoms with Gasteiger partial charge in [-0.3, -0.25) is 0 Å². The average molecular weight is 261 g/mol. The first-order valence-corrected chi connectivity index (χ1v) is 6.92. The number of piperidine rings is 1. The molecule has 1 aromatic rings. The van der Waals surface area contributed by atoms with Gasteiger partial charge >= 0.3 is 5.97 Å². The molecule has 1 aliphatic carbocycles. The van der Waals surface area contributed by atoms with Gasteiger partial charge in [0.25, 0.3) is 0 Å². The Morgan fingerprint density at radius 1 is 1.37 bits per heavy atom. The molecule has 2 aliphatic rings. The molecule has 19 heavy (non-hydrogen) atoms. The number of aromatic carboxylic acids is 1. The van der Waals surface area contributed by atoms with Crippen LogP contribution in [0.2, 0.25) is 0 Å². The fourth-order valence-corrected chi connectivity index (χ4v) is 3.55. The van der Waals surface area contributed by atoms with Gasteiger partial charge in [-0.2, -0.15) is 0 Å². The molecule has 0 bridgehead atoms. The zero-order valence-electron chi connectivity index (χ0n) is 10.9. The van der Waals surface area contributed by atoms with Gasteiger partial charge in [0.2, 0.25) is 0 Å². The van der Waals surface area contributed by atoms with E-state index in [1.165, 1.54) is 44.4 Å². The van der Waals surface area contributed by atoms with Gasteiger partial charge in [0.1, 0.15) is 0 Å². The molecular weight excluding hydrogens is 242 g/mol. The third-order valence-corrected chi connectivity index (χ3v) is 4.41. The van der Waals surface area contributed by atoms with Gasteiger partial charge in [0, 0.05) is 18.8 Å². The molecule has 3 rings (SSSR count). The Morgan fingerprint density at radius 2 is 2.16 bits per heavy atom. The summed E-state index contributed by atoms with van der Waals surface area (Å²) in [5, 5.41) is 8.95. The molecule has 102 valence electrons. The van der Waals surface area contributed by atoms with Gasteiger partial charge in [-0.25, -0.2) is 9.78 Å². The smallest absolute Gasteiger partial charge is 0.337 e. The lowest BCUT2D eigenvalue weighted by Gasteiger charge is -2.39. The maximum absolute atomic E-state index is 10.9. The van der Waals surface area contributed by atoms with Crippen molar-refractivity contribution in [3.05, 3.63) is 17.8 Å². The highest BCUT2D eigenvalue weighted by Gasteiger charge is 2.36. The summed E-state index contributed by atoms with van der Waals surface area (Å²) in [5.74, 6) is 0.541. The maximum Gasteiger partial charge on any atom is 0.337 e. The van der Waals surface area contributed by atoms with Gasteiger partial charge in [-0.1, -0.05) is 6.42 Å². The van der Waals surface area contributed by atoms with E-state index in [1.807, 2.05) is 0 Å². The molecule has 2 atom stereocenters. The number of fused-ring (bicyclic) bond motifs is 1. The molecule has 0 aromatic carbocycles. The summed E-state index contributed by atoms with van der Waals surface area (Å²) < 4.78 is 0. The first kappa shape index (κ1) is 12.3. The van der Waals surface area contributed by atoms with E-state index < -0.39 is 5.97 Å². The van der Waals surface area contributed by atoms with Crippen LogP contribution in [-0.2, 0) is 0 Å². The van der Waals surface area contributed by atoms with Crippen molar-refractivity contribution in [2.75, 3.05) is 17.2 Å². The average Bonchev–Trinajstić information content (AvgIpc) is 2.86. The second-order valence-corrected chi connectivity index (χ2v) is 5.54. The Hall–Kier alpha value is -1.78. The molecule has 0 radical (unpaired) electrons. The second kappa shape index (κ2) is 4.72. The summed E-state index contributed by atoms with van der Waals surface area (Å²) in [4.78, 5) is 17.5. The van der Waals surface area contributed by atoms with E-state index in [9.17, 15) is 4.79 Å². The van der Waals surface area contributed by atoms with E-state index in [-0.39, 0.29) is 5.56 Å². The van der Waals surface area contributed by atoms with E-state index in [0.29, 0.717) is 11.7 Å². The summed E-state index contributed by atoms with van der Waals surface area (Å²) in [6.07, 6.45) is 7.66. The first-order chi connectivity index (χ1) is 9.16. The van der Waals surface area contributed by atoms with Crippen LogP contribution in [0.4, 0.5) is 11.5 Å². The molecule has 0 spiro atoms. The predicted molar refractivity (Wildman–Crippen MR) is 73.3 cm³/mol. The van der Waals surface area contributed by atoms with Crippen LogP contribution in [0.3, 0.4) is 0 Å². The summed E-state index contributed by atoms with van der Waals surface area (Å²) in [5.41, 5.74) is 6.64. The number of nitrogen functional groups attached to an aromatic ring is 1. The van der Waals surface area contributed by atoms with E-state index in [2.05, 4.69) is 9.88 Å². The zero-order chi connectivity index (χ0) is 13.4. The number of hydrogen-bond acceptors (Lipinski definition) is 4. The number of pyridine rings is 1. The van der Waals surface area contributed by atoms with Crippen molar-refractivity contribution < 1.29 is 9.90 Å². The lowest BCUT2D eigenvalue weighted by molar-refractivity contribution is 0.0696. The molecule has 0 amide bonds. The van der Waals surface area contributed by atoms with Gasteiger partial charge in [-0.15, -0.1) is 0 Å². The third-order valence-electron chi connectivity index (χ3n) is 4.41. The van der Waals surface area contributed by atoms with Crippen molar-refractivity contribution in [3.8, 4) is 0 Å². The lowest BCUT2D eigenvalue weighted by atomic mass is 9.92. The third kappa shape index (κ3) is 2.13. The highest BCUT2D eigenvalue weighted by Crippen LogP contribution is 2.39. The minimum atomic E-state index is -0.983. The quantitative estimate of drug-likeness (QED) is 0.852. The monoisotopic (exact) mass is 261 g/mol. The standard InChI is InChI=1S/C14H19N3O2/c15-11-7-10(14(18)19)8-16-13(11)17-6-2-4-9-3-1-5-12(9)17/h7-9,12H,1-6,15H2,(H,18,19). The van der Waals surface area contributed by atoms with Gasteiger partial charge in [0.05, 0.1) is 11.3 Å². The molecule has 2 unspecified atom stereocenters. The number of anilines is 2. The predicted octanol–water partition coefficient (Wildman–Crippen LogP) is 2.13. The number of aromatic nitrogens is 1. The van der Waals surface area contributed by atoms with Crippen molar-refractivity contribution in [2.45, 2.75) is 38.1 Å². The van der Waals surface area contributed by atoms with Crippen molar-refractivity contribution >= 4 is 17.5 Å². The van der Waals surface area contributed by atoms with Crippen molar-refractivity contribution in [1.82, 2.24) is 4.98 Å². The van der Waals surface area contributed by atoms with Crippen molar-refractivity contribution in [2.24, 2.45) is 5.92 Å². The molecule has 1 saturated carbocycles. The number of carboxylic acids is 1. The Balaban J connectivity index is 1.90. The molecular formula is C14H19N3O2. The molecule has 1 aromatic heterocycles. The lowest BCUT2D eigenvalue weighted by Crippen LogP contribution is -2.43. The molecule has 5 nitrogen and oxygen atoms in total. The maximum atomic E-state index is 10.9. The number of nitrogens with two attached hydrogens (primary N) is 1. The number of rotatable bonds is 2. The van der Waals surface area contributed by atoms with Gasteiger partial charge in [0.15, 0.2) is 5.82 Å². The molecule has 3 N–H and O–H groups in total. The summed E-state index contributed by atoms with van der Waals surface area (Å²) in [6, 6.07) is 2.06. The van der Waals surface area contributed by atoms with Crippen molar-refractivity contribution in [3.63, 3.8) is 0 Å².